The van der Waals surface area contributed by atoms with Crippen molar-refractivity contribution in [2.24, 2.45) is 0 Å². The van der Waals surface area contributed by atoms with Gasteiger partial charge in [0, 0.05) is 5.69 Å². The number of nitrogens with one attached hydrogen (secondary N) is 1. The first-order chi connectivity index (χ1) is 9.88. The van der Waals surface area contributed by atoms with Gasteiger partial charge in [0.1, 0.15) is 24.3 Å². The molecule has 1 N–H and O–H groups in total. The second-order valence-electron chi connectivity index (χ2n) is 4.23. The maximum absolute atomic E-state index is 13.0. The number of hydrogen-bond acceptors (Lipinski definition) is 4. The standard InChI is InChI=1S/C12H10ClFN4O3/c1-7(17-6-9(5-15-17)18(20)21)12(19)16-8-2-3-11(14)10(13)4-8/h2-7H,1H3,(H,16,19)/t7-/m1/s1. The number of rotatable bonds is 4. The molecular formula is C12H10ClFN4O3. The molecule has 1 atom stereocenters. The predicted octanol–water partition coefficient (Wildman–Crippen LogP) is 2.78. The second kappa shape index (κ2) is 5.88. The molecule has 1 aromatic heterocycles. The van der Waals surface area contributed by atoms with Crippen molar-refractivity contribution in [2.75, 3.05) is 5.32 Å². The lowest BCUT2D eigenvalue weighted by Gasteiger charge is -2.12. The Morgan fingerprint density at radius 3 is 2.86 bits per heavy atom. The molecule has 2 aromatic rings. The molecule has 1 aromatic carbocycles. The van der Waals surface area contributed by atoms with Gasteiger partial charge in [-0.2, -0.15) is 5.10 Å². The van der Waals surface area contributed by atoms with Crippen molar-refractivity contribution < 1.29 is 14.1 Å². The van der Waals surface area contributed by atoms with E-state index in [2.05, 4.69) is 10.4 Å². The average molecular weight is 313 g/mol. The molecule has 7 nitrogen and oxygen atoms in total. The highest BCUT2D eigenvalue weighted by Crippen LogP contribution is 2.20. The fourth-order valence-electron chi connectivity index (χ4n) is 1.57. The van der Waals surface area contributed by atoms with E-state index in [-0.39, 0.29) is 10.7 Å². The topological polar surface area (TPSA) is 90.1 Å². The number of carbonyl (C=O) groups excluding carboxylic acids is 1. The van der Waals surface area contributed by atoms with E-state index in [1.807, 2.05) is 0 Å². The van der Waals surface area contributed by atoms with Crippen LogP contribution in [0.3, 0.4) is 0 Å². The largest absolute Gasteiger partial charge is 0.324 e. The van der Waals surface area contributed by atoms with Gasteiger partial charge >= 0.3 is 5.69 Å². The summed E-state index contributed by atoms with van der Waals surface area (Å²) in [5, 5.41) is 16.7. The smallest absolute Gasteiger partial charge is 0.307 e. The van der Waals surface area contributed by atoms with E-state index in [0.29, 0.717) is 5.69 Å². The highest BCUT2D eigenvalue weighted by molar-refractivity contribution is 6.31. The monoisotopic (exact) mass is 312 g/mol. The molecule has 1 heterocycles. The van der Waals surface area contributed by atoms with Crippen LogP contribution in [0.4, 0.5) is 15.8 Å². The quantitative estimate of drug-likeness (QED) is 0.694. The zero-order valence-electron chi connectivity index (χ0n) is 10.8. The van der Waals surface area contributed by atoms with E-state index in [1.165, 1.54) is 23.7 Å². The number of halogens is 2. The Morgan fingerprint density at radius 2 is 2.29 bits per heavy atom. The van der Waals surface area contributed by atoms with Crippen molar-refractivity contribution in [3.63, 3.8) is 0 Å². The summed E-state index contributed by atoms with van der Waals surface area (Å²) in [5.74, 6) is -1.05. The lowest BCUT2D eigenvalue weighted by Crippen LogP contribution is -2.24. The number of anilines is 1. The van der Waals surface area contributed by atoms with Gasteiger partial charge < -0.3 is 5.32 Å². The molecule has 2 rings (SSSR count). The Kier molecular flexibility index (Phi) is 4.18. The van der Waals surface area contributed by atoms with Crippen molar-refractivity contribution >= 4 is 28.9 Å². The number of amides is 1. The lowest BCUT2D eigenvalue weighted by atomic mass is 10.2. The fraction of sp³-hybridized carbons (Fsp3) is 0.167. The van der Waals surface area contributed by atoms with Gasteiger partial charge in [-0.1, -0.05) is 11.6 Å². The molecule has 0 radical (unpaired) electrons. The summed E-state index contributed by atoms with van der Waals surface area (Å²) in [6.07, 6.45) is 2.21. The summed E-state index contributed by atoms with van der Waals surface area (Å²) < 4.78 is 14.2. The summed E-state index contributed by atoms with van der Waals surface area (Å²) in [4.78, 5) is 22.0. The normalized spacial score (nSPS) is 12.0. The van der Waals surface area contributed by atoms with Crippen LogP contribution in [0, 0.1) is 15.9 Å². The maximum atomic E-state index is 13.0. The molecule has 110 valence electrons. The molecule has 0 fully saturated rings. The molecule has 0 bridgehead atoms. The SMILES string of the molecule is C[C@H](C(=O)Nc1ccc(F)c(Cl)c1)n1cc([N+](=O)[O-])cn1. The minimum Gasteiger partial charge on any atom is -0.324 e. The first-order valence-corrected chi connectivity index (χ1v) is 6.20. The number of hydrogen-bond donors (Lipinski definition) is 1. The van der Waals surface area contributed by atoms with Crippen LogP contribution in [-0.2, 0) is 4.79 Å². The van der Waals surface area contributed by atoms with Crippen LogP contribution in [0.15, 0.2) is 30.6 Å². The van der Waals surface area contributed by atoms with E-state index in [4.69, 9.17) is 11.6 Å². The third-order valence-corrected chi connectivity index (χ3v) is 3.05. The average Bonchev–Trinajstić information content (AvgIpc) is 2.92. The molecule has 0 aliphatic rings. The Hall–Kier alpha value is -2.48. The second-order valence-corrected chi connectivity index (χ2v) is 4.64. The summed E-state index contributed by atoms with van der Waals surface area (Å²) in [7, 11) is 0. The molecule has 0 aliphatic carbocycles. The van der Waals surface area contributed by atoms with E-state index in [0.717, 1.165) is 18.5 Å². The zero-order valence-corrected chi connectivity index (χ0v) is 11.5. The third-order valence-electron chi connectivity index (χ3n) is 2.76. The van der Waals surface area contributed by atoms with Gasteiger partial charge in [0.2, 0.25) is 5.91 Å². The summed E-state index contributed by atoms with van der Waals surface area (Å²) in [6.45, 7) is 1.52. The van der Waals surface area contributed by atoms with Crippen LogP contribution >= 0.6 is 11.6 Å². The number of nitrogens with zero attached hydrogens (tertiary/aromatic N) is 3. The predicted molar refractivity (Wildman–Crippen MR) is 73.6 cm³/mol. The number of carbonyl (C=O) groups is 1. The van der Waals surface area contributed by atoms with Crippen LogP contribution < -0.4 is 5.32 Å². The van der Waals surface area contributed by atoms with Crippen molar-refractivity contribution in [2.45, 2.75) is 13.0 Å². The third kappa shape index (κ3) is 3.34. The van der Waals surface area contributed by atoms with Crippen molar-refractivity contribution in [1.29, 1.82) is 0 Å². The lowest BCUT2D eigenvalue weighted by molar-refractivity contribution is -0.385. The molecule has 0 saturated heterocycles. The molecule has 1 amide bonds. The molecule has 9 heteroatoms. The van der Waals surface area contributed by atoms with Crippen molar-refractivity contribution in [3.05, 3.63) is 51.5 Å². The van der Waals surface area contributed by atoms with Gasteiger partial charge in [-0.25, -0.2) is 4.39 Å². The minimum absolute atomic E-state index is 0.116. The molecule has 0 unspecified atom stereocenters. The Bertz CT molecular complexity index is 704. The fourth-order valence-corrected chi connectivity index (χ4v) is 1.76. The molecule has 0 saturated carbocycles. The van der Waals surface area contributed by atoms with E-state index in [9.17, 15) is 19.3 Å². The number of aromatic nitrogens is 2. The van der Waals surface area contributed by atoms with Crippen LogP contribution in [0.5, 0.6) is 0 Å². The van der Waals surface area contributed by atoms with Crippen LogP contribution in [0.1, 0.15) is 13.0 Å². The molecular weight excluding hydrogens is 303 g/mol. The van der Waals surface area contributed by atoms with Gasteiger partial charge in [0.15, 0.2) is 0 Å². The molecule has 0 spiro atoms. The Morgan fingerprint density at radius 1 is 1.57 bits per heavy atom. The first kappa shape index (κ1) is 14.9. The highest BCUT2D eigenvalue weighted by atomic mass is 35.5. The van der Waals surface area contributed by atoms with Crippen LogP contribution in [0.2, 0.25) is 5.02 Å². The number of benzene rings is 1. The van der Waals surface area contributed by atoms with Gasteiger partial charge in [-0.15, -0.1) is 0 Å². The molecule has 21 heavy (non-hydrogen) atoms. The minimum atomic E-state index is -0.775. The maximum Gasteiger partial charge on any atom is 0.307 e. The van der Waals surface area contributed by atoms with Crippen molar-refractivity contribution in [1.82, 2.24) is 9.78 Å². The Labute approximate surface area is 123 Å². The number of nitro groups is 1. The van der Waals surface area contributed by atoms with Gasteiger partial charge in [0.05, 0.1) is 9.95 Å². The summed E-state index contributed by atoms with van der Waals surface area (Å²) in [5.41, 5.74) is 0.111. The van der Waals surface area contributed by atoms with E-state index < -0.39 is 22.7 Å². The Balaban J connectivity index is 2.11. The van der Waals surface area contributed by atoms with Gasteiger partial charge in [0.25, 0.3) is 0 Å². The van der Waals surface area contributed by atoms with Crippen LogP contribution in [0.25, 0.3) is 0 Å². The first-order valence-electron chi connectivity index (χ1n) is 5.83. The highest BCUT2D eigenvalue weighted by Gasteiger charge is 2.19. The summed E-state index contributed by atoms with van der Waals surface area (Å²) >= 11 is 5.61. The van der Waals surface area contributed by atoms with Gasteiger partial charge in [-0.3, -0.25) is 19.6 Å². The zero-order chi connectivity index (χ0) is 15.6. The summed E-state index contributed by atoms with van der Waals surface area (Å²) in [6, 6.07) is 2.98. The van der Waals surface area contributed by atoms with Gasteiger partial charge in [-0.05, 0) is 25.1 Å². The van der Waals surface area contributed by atoms with E-state index >= 15 is 0 Å². The van der Waals surface area contributed by atoms with E-state index in [1.54, 1.807) is 0 Å². The molecule has 0 aliphatic heterocycles. The van der Waals surface area contributed by atoms with Crippen LogP contribution in [-0.4, -0.2) is 20.6 Å². The van der Waals surface area contributed by atoms with Crippen molar-refractivity contribution in [3.8, 4) is 0 Å².